The van der Waals surface area contributed by atoms with E-state index >= 15 is 0 Å². The molecule has 3 aromatic rings. The van der Waals surface area contributed by atoms with Crippen LogP contribution in [-0.4, -0.2) is 26.5 Å². The summed E-state index contributed by atoms with van der Waals surface area (Å²) in [6, 6.07) is 13.6. The number of hydrogen-bond donors (Lipinski definition) is 2. The molecule has 0 atom stereocenters. The van der Waals surface area contributed by atoms with Crippen molar-refractivity contribution >= 4 is 23.4 Å². The van der Waals surface area contributed by atoms with E-state index in [0.29, 0.717) is 22.5 Å². The summed E-state index contributed by atoms with van der Waals surface area (Å²) < 4.78 is 14.3. The highest BCUT2D eigenvalue weighted by Crippen LogP contribution is 2.22. The van der Waals surface area contributed by atoms with Crippen LogP contribution in [0.25, 0.3) is 11.4 Å². The molecule has 0 fully saturated rings. The number of nitrogens with zero attached hydrogens (tertiary/aromatic N) is 3. The molecule has 2 aromatic carbocycles. The lowest BCUT2D eigenvalue weighted by Crippen LogP contribution is -2.16. The van der Waals surface area contributed by atoms with Gasteiger partial charge in [-0.1, -0.05) is 37.7 Å². The van der Waals surface area contributed by atoms with Gasteiger partial charge < -0.3 is 11.2 Å². The average Bonchev–Trinajstić information content (AvgIpc) is 3.01. The lowest BCUT2D eigenvalue weighted by Gasteiger charge is -2.09. The van der Waals surface area contributed by atoms with Gasteiger partial charge in [-0.2, -0.15) is 0 Å². The van der Waals surface area contributed by atoms with Crippen LogP contribution in [0.3, 0.4) is 0 Å². The Hall–Kier alpha value is -2.87. The first kappa shape index (κ1) is 18.9. The lowest BCUT2D eigenvalue weighted by molar-refractivity contribution is -0.113. The molecule has 27 heavy (non-hydrogen) atoms. The van der Waals surface area contributed by atoms with Crippen molar-refractivity contribution in [1.82, 2.24) is 14.9 Å². The first-order valence-electron chi connectivity index (χ1n) is 8.43. The van der Waals surface area contributed by atoms with Crippen molar-refractivity contribution in [2.75, 3.05) is 16.9 Å². The normalized spacial score (nSPS) is 11.0. The Morgan fingerprint density at radius 1 is 1.22 bits per heavy atom. The van der Waals surface area contributed by atoms with Crippen molar-refractivity contribution < 1.29 is 9.18 Å². The maximum Gasteiger partial charge on any atom is 0.234 e. The van der Waals surface area contributed by atoms with Gasteiger partial charge >= 0.3 is 0 Å². The molecule has 0 spiro atoms. The van der Waals surface area contributed by atoms with E-state index in [1.807, 2.05) is 24.3 Å². The van der Waals surface area contributed by atoms with Gasteiger partial charge in [0.25, 0.3) is 0 Å². The average molecular weight is 385 g/mol. The van der Waals surface area contributed by atoms with Crippen molar-refractivity contribution in [3.63, 3.8) is 0 Å². The number of hydrogen-bond acceptors (Lipinski definition) is 5. The molecule has 1 amide bonds. The third-order valence-corrected chi connectivity index (χ3v) is 4.88. The maximum atomic E-state index is 13.0. The number of carbonyl (C=O) groups is 1. The second kappa shape index (κ2) is 8.22. The summed E-state index contributed by atoms with van der Waals surface area (Å²) in [5, 5.41) is 11.3. The monoisotopic (exact) mass is 385 g/mol. The highest BCUT2D eigenvalue weighted by molar-refractivity contribution is 7.99. The van der Waals surface area contributed by atoms with Crippen LogP contribution in [0.5, 0.6) is 0 Å². The molecule has 140 valence electrons. The zero-order valence-corrected chi connectivity index (χ0v) is 15.8. The van der Waals surface area contributed by atoms with Crippen molar-refractivity contribution in [2.24, 2.45) is 0 Å². The van der Waals surface area contributed by atoms with Gasteiger partial charge in [0.15, 0.2) is 5.82 Å². The van der Waals surface area contributed by atoms with Crippen molar-refractivity contribution in [1.29, 1.82) is 0 Å². The van der Waals surface area contributed by atoms with E-state index in [-0.39, 0.29) is 17.5 Å². The highest BCUT2D eigenvalue weighted by Gasteiger charge is 2.14. The van der Waals surface area contributed by atoms with Gasteiger partial charge in [0, 0.05) is 11.3 Å². The van der Waals surface area contributed by atoms with E-state index in [0.717, 1.165) is 11.3 Å². The van der Waals surface area contributed by atoms with Crippen LogP contribution in [0.4, 0.5) is 10.1 Å². The molecule has 0 saturated heterocycles. The van der Waals surface area contributed by atoms with Crippen LogP contribution in [-0.2, 0) is 4.79 Å². The summed E-state index contributed by atoms with van der Waals surface area (Å²) in [4.78, 5) is 12.2. The molecule has 1 heterocycles. The van der Waals surface area contributed by atoms with Crippen molar-refractivity contribution in [2.45, 2.75) is 24.9 Å². The van der Waals surface area contributed by atoms with Crippen LogP contribution in [0.15, 0.2) is 53.7 Å². The number of benzene rings is 2. The summed E-state index contributed by atoms with van der Waals surface area (Å²) in [7, 11) is 0. The summed E-state index contributed by atoms with van der Waals surface area (Å²) in [5.41, 5.74) is 2.56. The van der Waals surface area contributed by atoms with Crippen LogP contribution in [0.2, 0.25) is 0 Å². The number of anilines is 1. The van der Waals surface area contributed by atoms with Crippen molar-refractivity contribution in [3.05, 3.63) is 59.9 Å². The van der Waals surface area contributed by atoms with E-state index in [9.17, 15) is 9.18 Å². The molecule has 1 aromatic heterocycles. The number of nitrogen functional groups attached to an aromatic ring is 1. The number of thioether (sulfide) groups is 1. The van der Waals surface area contributed by atoms with Crippen LogP contribution in [0.1, 0.15) is 25.3 Å². The highest BCUT2D eigenvalue weighted by atomic mass is 32.2. The minimum atomic E-state index is -0.338. The molecular weight excluding hydrogens is 365 g/mol. The van der Waals surface area contributed by atoms with Gasteiger partial charge in [-0.05, 0) is 47.9 Å². The predicted molar refractivity (Wildman–Crippen MR) is 105 cm³/mol. The number of amides is 1. The fraction of sp³-hybridized carbons (Fsp3) is 0.211. The topological polar surface area (TPSA) is 85.8 Å². The second-order valence-corrected chi connectivity index (χ2v) is 7.24. The summed E-state index contributed by atoms with van der Waals surface area (Å²) in [5.74, 6) is 6.45. The molecule has 0 radical (unpaired) electrons. The molecule has 0 aliphatic carbocycles. The number of carbonyl (C=O) groups excluding carboxylic acids is 1. The zero-order chi connectivity index (χ0) is 19.4. The summed E-state index contributed by atoms with van der Waals surface area (Å²) in [6.45, 7) is 4.20. The van der Waals surface area contributed by atoms with E-state index in [1.54, 1.807) is 12.1 Å². The van der Waals surface area contributed by atoms with E-state index < -0.39 is 0 Å². The largest absolute Gasteiger partial charge is 0.335 e. The minimum Gasteiger partial charge on any atom is -0.335 e. The molecule has 0 saturated carbocycles. The number of nitrogens with one attached hydrogen (secondary N) is 1. The molecule has 6 nitrogen and oxygen atoms in total. The zero-order valence-electron chi connectivity index (χ0n) is 15.0. The molecule has 0 bridgehead atoms. The fourth-order valence-corrected chi connectivity index (χ4v) is 3.13. The van der Waals surface area contributed by atoms with Crippen LogP contribution in [0, 0.1) is 5.82 Å². The van der Waals surface area contributed by atoms with Gasteiger partial charge in [-0.3, -0.25) is 4.79 Å². The van der Waals surface area contributed by atoms with E-state index in [4.69, 9.17) is 5.84 Å². The maximum absolute atomic E-state index is 13.0. The van der Waals surface area contributed by atoms with Crippen LogP contribution >= 0.6 is 11.8 Å². The molecule has 0 aliphatic rings. The van der Waals surface area contributed by atoms with Crippen molar-refractivity contribution in [3.8, 4) is 11.4 Å². The van der Waals surface area contributed by atoms with Gasteiger partial charge in [0.2, 0.25) is 11.1 Å². The third-order valence-electron chi connectivity index (χ3n) is 3.94. The van der Waals surface area contributed by atoms with Gasteiger partial charge in [-0.15, -0.1) is 10.2 Å². The van der Waals surface area contributed by atoms with Crippen LogP contribution < -0.4 is 11.2 Å². The molecule has 0 unspecified atom stereocenters. The number of rotatable bonds is 6. The van der Waals surface area contributed by atoms with Gasteiger partial charge in [0.1, 0.15) is 5.82 Å². The summed E-state index contributed by atoms with van der Waals surface area (Å²) >= 11 is 1.18. The Bertz CT molecular complexity index is 940. The Morgan fingerprint density at radius 2 is 1.96 bits per heavy atom. The second-order valence-electron chi connectivity index (χ2n) is 6.30. The first-order valence-corrected chi connectivity index (χ1v) is 9.41. The van der Waals surface area contributed by atoms with E-state index in [1.165, 1.54) is 28.6 Å². The lowest BCUT2D eigenvalue weighted by atomic mass is 10.0. The standard InChI is InChI=1S/C19H20FN5OS/c1-12(2)14-4-3-5-16(10-14)22-17(26)11-27-19-24-23-18(25(19)21)13-6-8-15(20)9-7-13/h3-10,12H,11,21H2,1-2H3,(H,22,26). The predicted octanol–water partition coefficient (Wildman–Crippen LogP) is 3.65. The molecule has 8 heteroatoms. The first-order chi connectivity index (χ1) is 12.9. The molecule has 3 N–H and O–H groups in total. The number of aromatic nitrogens is 3. The quantitative estimate of drug-likeness (QED) is 0.500. The SMILES string of the molecule is CC(C)c1cccc(NC(=O)CSc2nnc(-c3ccc(F)cc3)n2N)c1. The number of halogens is 1. The Morgan fingerprint density at radius 3 is 2.67 bits per heavy atom. The van der Waals surface area contributed by atoms with Gasteiger partial charge in [-0.25, -0.2) is 9.07 Å². The molecular formula is C19H20FN5OS. The minimum absolute atomic E-state index is 0.144. The third kappa shape index (κ3) is 4.65. The number of nitrogens with two attached hydrogens (primary N) is 1. The fourth-order valence-electron chi connectivity index (χ4n) is 2.47. The Balaban J connectivity index is 1.62. The Labute approximate surface area is 161 Å². The smallest absolute Gasteiger partial charge is 0.234 e. The molecule has 0 aliphatic heterocycles. The van der Waals surface area contributed by atoms with E-state index in [2.05, 4.69) is 29.4 Å². The molecule has 3 rings (SSSR count). The summed E-state index contributed by atoms with van der Waals surface area (Å²) in [6.07, 6.45) is 0. The van der Waals surface area contributed by atoms with Gasteiger partial charge in [0.05, 0.1) is 5.75 Å². The Kier molecular flexibility index (Phi) is 5.75.